The van der Waals surface area contributed by atoms with Crippen LogP contribution in [0.1, 0.15) is 105 Å². The largest absolute Gasteiger partial charge is 0.394 e. The fraction of sp³-hybridized carbons (Fsp3) is 0.931. The minimum absolute atomic E-state index is 0.0271. The van der Waals surface area contributed by atoms with Gasteiger partial charge in [-0.1, -0.05) is 65.5 Å². The monoisotopic (exact) mass is 446 g/mol. The van der Waals surface area contributed by atoms with Gasteiger partial charge in [0.25, 0.3) is 0 Å². The lowest BCUT2D eigenvalue weighted by atomic mass is 9.46. The molecule has 0 unspecified atom stereocenters. The summed E-state index contributed by atoms with van der Waals surface area (Å²) in [6.07, 6.45) is 15.8. The Morgan fingerprint density at radius 1 is 1.03 bits per heavy atom. The molecule has 0 amide bonds. The van der Waals surface area contributed by atoms with Crippen molar-refractivity contribution in [3.8, 4) is 0 Å². The molecule has 0 heterocycles. The van der Waals surface area contributed by atoms with Gasteiger partial charge >= 0.3 is 0 Å². The molecule has 0 radical (unpaired) electrons. The highest BCUT2D eigenvalue weighted by Crippen LogP contribution is 2.67. The fourth-order valence-corrected chi connectivity index (χ4v) is 9.00. The van der Waals surface area contributed by atoms with Crippen LogP contribution >= 0.6 is 0 Å². The smallest absolute Gasteiger partial charge is 0.169 e. The van der Waals surface area contributed by atoms with Gasteiger partial charge in [0, 0.05) is 12.8 Å². The molecule has 0 bridgehead atoms. The predicted molar refractivity (Wildman–Crippen MR) is 131 cm³/mol. The zero-order valence-corrected chi connectivity index (χ0v) is 21.5. The van der Waals surface area contributed by atoms with E-state index in [4.69, 9.17) is 9.84 Å². The summed E-state index contributed by atoms with van der Waals surface area (Å²) in [5, 5.41) is 20.1. The molecule has 8 atom stereocenters. The second kappa shape index (κ2) is 9.34. The Morgan fingerprint density at radius 3 is 2.53 bits per heavy atom. The molecule has 0 aliphatic heterocycles. The van der Waals surface area contributed by atoms with Gasteiger partial charge in [-0.3, -0.25) is 0 Å². The summed E-state index contributed by atoms with van der Waals surface area (Å²) in [7, 11) is 0. The molecule has 3 fully saturated rings. The van der Waals surface area contributed by atoms with Crippen LogP contribution in [0.5, 0.6) is 0 Å². The first-order chi connectivity index (χ1) is 15.1. The van der Waals surface area contributed by atoms with Crippen molar-refractivity contribution in [2.75, 3.05) is 13.2 Å². The molecule has 0 saturated heterocycles. The van der Waals surface area contributed by atoms with Gasteiger partial charge in [0.2, 0.25) is 0 Å². The van der Waals surface area contributed by atoms with Crippen LogP contribution in [0.2, 0.25) is 0 Å². The molecule has 4 rings (SSSR count). The highest BCUT2D eigenvalue weighted by molar-refractivity contribution is 5.26. The lowest BCUT2D eigenvalue weighted by Gasteiger charge is -2.59. The number of aliphatic hydroxyl groups is 2. The molecule has 3 heteroatoms. The van der Waals surface area contributed by atoms with E-state index in [-0.39, 0.29) is 18.6 Å². The average molecular weight is 447 g/mol. The standard InChI is InChI=1S/C29H50O3/c1-20(2)7-6-8-21(3)24-11-12-25-23-10-9-22-19-29(31,32-18-17-30)16-15-27(22,4)26(23)13-14-28(24,25)5/h9,20-21,23-26,30-31H,6-8,10-19H2,1-5H3/t21-,23+,24-,25+,26+,27+,28-,29+/m1/s1. The van der Waals surface area contributed by atoms with Crippen molar-refractivity contribution >= 4 is 0 Å². The number of ether oxygens (including phenoxy) is 1. The van der Waals surface area contributed by atoms with E-state index in [1.807, 2.05) is 0 Å². The van der Waals surface area contributed by atoms with E-state index in [0.717, 1.165) is 41.9 Å². The molecule has 184 valence electrons. The molecule has 4 aliphatic carbocycles. The predicted octanol–water partition coefficient (Wildman–Crippen LogP) is 6.73. The Balaban J connectivity index is 1.47. The SMILES string of the molecule is CC(C)CCC[C@@H](C)[C@H]1CC[C@H]2[C@@H]3CC=C4C[C@@](O)(OCCO)CC[C@]4(C)[C@H]3CC[C@]12C. The van der Waals surface area contributed by atoms with E-state index in [2.05, 4.69) is 40.7 Å². The topological polar surface area (TPSA) is 49.7 Å². The number of allylic oxidation sites excluding steroid dienone is 1. The molecular formula is C29H50O3. The van der Waals surface area contributed by atoms with Crippen LogP contribution in [0.4, 0.5) is 0 Å². The maximum atomic E-state index is 11.0. The van der Waals surface area contributed by atoms with Crippen LogP contribution in [0.3, 0.4) is 0 Å². The van der Waals surface area contributed by atoms with Crippen molar-refractivity contribution in [3.63, 3.8) is 0 Å². The maximum Gasteiger partial charge on any atom is 0.169 e. The molecule has 4 aliphatic rings. The quantitative estimate of drug-likeness (QED) is 0.321. The van der Waals surface area contributed by atoms with Gasteiger partial charge in [-0.25, -0.2) is 0 Å². The number of rotatable bonds is 8. The van der Waals surface area contributed by atoms with Crippen molar-refractivity contribution in [2.24, 2.45) is 46.3 Å². The molecule has 2 N–H and O–H groups in total. The zero-order valence-electron chi connectivity index (χ0n) is 21.5. The summed E-state index contributed by atoms with van der Waals surface area (Å²) in [6.45, 7) is 12.6. The first kappa shape index (κ1) is 24.7. The van der Waals surface area contributed by atoms with Gasteiger partial charge in [-0.15, -0.1) is 0 Å². The molecule has 32 heavy (non-hydrogen) atoms. The van der Waals surface area contributed by atoms with Crippen molar-refractivity contribution in [1.82, 2.24) is 0 Å². The van der Waals surface area contributed by atoms with E-state index in [1.54, 1.807) is 0 Å². The molecule has 0 aromatic rings. The van der Waals surface area contributed by atoms with Crippen LogP contribution in [0.15, 0.2) is 11.6 Å². The average Bonchev–Trinajstić information content (AvgIpc) is 3.10. The summed E-state index contributed by atoms with van der Waals surface area (Å²) >= 11 is 0. The van der Waals surface area contributed by atoms with Crippen molar-refractivity contribution in [3.05, 3.63) is 11.6 Å². The first-order valence-corrected chi connectivity index (χ1v) is 13.8. The van der Waals surface area contributed by atoms with Crippen LogP contribution in [0.25, 0.3) is 0 Å². The van der Waals surface area contributed by atoms with Gasteiger partial charge in [-0.2, -0.15) is 0 Å². The Labute approximate surface area is 197 Å². The fourth-order valence-electron chi connectivity index (χ4n) is 9.00. The highest BCUT2D eigenvalue weighted by Gasteiger charge is 2.60. The van der Waals surface area contributed by atoms with E-state index < -0.39 is 5.79 Å². The van der Waals surface area contributed by atoms with E-state index in [9.17, 15) is 5.11 Å². The minimum atomic E-state index is -1.08. The lowest BCUT2D eigenvalue weighted by molar-refractivity contribution is -0.228. The third kappa shape index (κ3) is 4.36. The van der Waals surface area contributed by atoms with Crippen LogP contribution in [-0.4, -0.2) is 29.2 Å². The van der Waals surface area contributed by atoms with E-state index in [1.165, 1.54) is 56.9 Å². The lowest BCUT2D eigenvalue weighted by Crippen LogP contribution is -2.53. The number of aliphatic hydroxyl groups excluding tert-OH is 1. The molecular weight excluding hydrogens is 396 g/mol. The Morgan fingerprint density at radius 2 is 1.81 bits per heavy atom. The maximum absolute atomic E-state index is 11.0. The van der Waals surface area contributed by atoms with Crippen molar-refractivity contribution in [2.45, 2.75) is 111 Å². The van der Waals surface area contributed by atoms with Crippen LogP contribution < -0.4 is 0 Å². The van der Waals surface area contributed by atoms with E-state index in [0.29, 0.717) is 18.3 Å². The zero-order chi connectivity index (χ0) is 23.1. The summed E-state index contributed by atoms with van der Waals surface area (Å²) in [5.41, 5.74) is 2.19. The van der Waals surface area contributed by atoms with Crippen molar-refractivity contribution < 1.29 is 14.9 Å². The number of hydrogen-bond donors (Lipinski definition) is 2. The Bertz CT molecular complexity index is 686. The number of hydrogen-bond acceptors (Lipinski definition) is 3. The third-order valence-electron chi connectivity index (χ3n) is 10.8. The second-order valence-electron chi connectivity index (χ2n) is 13.0. The van der Waals surface area contributed by atoms with Gasteiger partial charge in [0.1, 0.15) is 0 Å². The molecule has 0 aromatic carbocycles. The van der Waals surface area contributed by atoms with Gasteiger partial charge in [0.15, 0.2) is 5.79 Å². The molecule has 0 spiro atoms. The van der Waals surface area contributed by atoms with Crippen LogP contribution in [-0.2, 0) is 4.74 Å². The van der Waals surface area contributed by atoms with Crippen LogP contribution in [0, 0.1) is 46.3 Å². The second-order valence-corrected chi connectivity index (χ2v) is 13.0. The van der Waals surface area contributed by atoms with Gasteiger partial charge in [0.05, 0.1) is 13.2 Å². The van der Waals surface area contributed by atoms with Gasteiger partial charge < -0.3 is 14.9 Å². The minimum Gasteiger partial charge on any atom is -0.394 e. The van der Waals surface area contributed by atoms with Gasteiger partial charge in [-0.05, 0) is 84.9 Å². The Kier molecular flexibility index (Phi) is 7.22. The van der Waals surface area contributed by atoms with E-state index >= 15 is 0 Å². The molecule has 3 nitrogen and oxygen atoms in total. The summed E-state index contributed by atoms with van der Waals surface area (Å²) < 4.78 is 5.69. The normalized spacial score (nSPS) is 44.6. The summed E-state index contributed by atoms with van der Waals surface area (Å²) in [6, 6.07) is 0. The number of fused-ring (bicyclic) bond motifs is 5. The molecule has 0 aromatic heterocycles. The summed E-state index contributed by atoms with van der Waals surface area (Å²) in [4.78, 5) is 0. The Hall–Kier alpha value is -0.380. The third-order valence-corrected chi connectivity index (χ3v) is 10.8. The first-order valence-electron chi connectivity index (χ1n) is 13.8. The highest BCUT2D eigenvalue weighted by atomic mass is 16.6. The molecule has 3 saturated carbocycles. The van der Waals surface area contributed by atoms with Crippen molar-refractivity contribution in [1.29, 1.82) is 0 Å². The summed E-state index contributed by atoms with van der Waals surface area (Å²) in [5.74, 6) is 3.98.